The molecule has 2 N–H and O–H groups in total. The molecule has 6 aromatic rings. The lowest BCUT2D eigenvalue weighted by molar-refractivity contribution is -0.134. The van der Waals surface area contributed by atoms with Crippen molar-refractivity contribution in [2.24, 2.45) is 14.1 Å². The van der Waals surface area contributed by atoms with E-state index in [1.54, 1.807) is 40.9 Å². The quantitative estimate of drug-likeness (QED) is 0.162. The lowest BCUT2D eigenvalue weighted by atomic mass is 9.90. The molecule has 0 bridgehead atoms. The van der Waals surface area contributed by atoms with Crippen molar-refractivity contribution >= 4 is 51.1 Å². The van der Waals surface area contributed by atoms with Crippen LogP contribution in [0.1, 0.15) is 71.3 Å². The van der Waals surface area contributed by atoms with Crippen LogP contribution >= 0.6 is 0 Å². The first-order valence-electron chi connectivity index (χ1n) is 17.4. The molecule has 3 amide bonds. The lowest BCUT2D eigenvalue weighted by Crippen LogP contribution is -2.39. The Bertz CT molecular complexity index is 2570. The molecule has 1 fully saturated rings. The van der Waals surface area contributed by atoms with Crippen molar-refractivity contribution in [1.82, 2.24) is 29.7 Å². The van der Waals surface area contributed by atoms with Gasteiger partial charge in [0.25, 0.3) is 5.91 Å². The first-order valence-corrected chi connectivity index (χ1v) is 17.4. The van der Waals surface area contributed by atoms with Crippen LogP contribution in [0.15, 0.2) is 76.4 Å². The van der Waals surface area contributed by atoms with Gasteiger partial charge in [-0.15, -0.1) is 0 Å². The number of benzene rings is 2. The number of furan rings is 1. The molecule has 0 aliphatic carbocycles. The van der Waals surface area contributed by atoms with E-state index in [0.29, 0.717) is 28.8 Å². The van der Waals surface area contributed by atoms with Gasteiger partial charge < -0.3 is 14.6 Å². The van der Waals surface area contributed by atoms with Crippen molar-refractivity contribution < 1.29 is 18.8 Å². The topological polar surface area (TPSA) is 144 Å². The summed E-state index contributed by atoms with van der Waals surface area (Å²) in [5.41, 5.74) is 9.24. The Hall–Kier alpha value is -6.48. The number of nitrogens with one attached hydrogen (secondary N) is 2. The molecule has 1 saturated heterocycles. The molecule has 0 saturated carbocycles. The maximum absolute atomic E-state index is 13.0. The second kappa shape index (κ2) is 13.9. The maximum atomic E-state index is 13.0. The first kappa shape index (κ1) is 34.9. The molecule has 268 valence electrons. The number of pyridine rings is 2. The maximum Gasteiger partial charge on any atom is 0.328 e. The monoisotopic (exact) mass is 709 g/mol. The zero-order valence-electron chi connectivity index (χ0n) is 30.4. The minimum absolute atomic E-state index is 0.0572. The third-order valence-corrected chi connectivity index (χ3v) is 9.90. The van der Waals surface area contributed by atoms with Crippen LogP contribution in [0.3, 0.4) is 0 Å². The van der Waals surface area contributed by atoms with Gasteiger partial charge in [-0.25, -0.2) is 4.79 Å². The van der Waals surface area contributed by atoms with E-state index in [0.717, 1.165) is 50.2 Å². The molecule has 2 aromatic carbocycles. The molecule has 7 rings (SSSR count). The number of imidazole rings is 1. The standard InChI is InChI=1S/C41H39N7O5/c1-23(2)30-18-28(19-34-38(30)48(6)41(52)47(34)5)46(4)27-10-12-33(43-21-27)26-16-24(3)37(44-20-26)40(51)42-15-7-8-25-9-13-35-31(17-25)32(22-53-35)29-11-14-36(49)45-39(29)50/h9-10,12-13,16-23,29H,11,14-15H2,1-6H3,(H,42,51)(H,45,49,50). The van der Waals surface area contributed by atoms with Crippen molar-refractivity contribution in [1.29, 1.82) is 0 Å². The Kier molecular flexibility index (Phi) is 9.18. The predicted molar refractivity (Wildman–Crippen MR) is 203 cm³/mol. The Morgan fingerprint density at radius 2 is 1.85 bits per heavy atom. The van der Waals surface area contributed by atoms with E-state index in [-0.39, 0.29) is 42.3 Å². The Morgan fingerprint density at radius 3 is 2.57 bits per heavy atom. The van der Waals surface area contributed by atoms with E-state index < -0.39 is 5.92 Å². The van der Waals surface area contributed by atoms with Crippen molar-refractivity contribution in [3.63, 3.8) is 0 Å². The van der Waals surface area contributed by atoms with Crippen LogP contribution in [0.5, 0.6) is 0 Å². The SMILES string of the molecule is Cc1cc(-c2ccc(N(C)c3cc(C(C)C)c4c(c3)n(C)c(=O)n4C)cn2)cnc1C(=O)NCC#Cc1ccc2occ(C3CCC(=O)NC3=O)c2c1. The normalized spacial score (nSPS) is 14.4. The predicted octanol–water partition coefficient (Wildman–Crippen LogP) is 5.58. The second-order valence-electron chi connectivity index (χ2n) is 13.7. The molecule has 53 heavy (non-hydrogen) atoms. The van der Waals surface area contributed by atoms with E-state index in [1.165, 1.54) is 0 Å². The van der Waals surface area contributed by atoms with Gasteiger partial charge in [0.1, 0.15) is 11.3 Å². The van der Waals surface area contributed by atoms with Crippen molar-refractivity contribution in [2.75, 3.05) is 18.5 Å². The number of fused-ring (bicyclic) bond motifs is 2. The second-order valence-corrected chi connectivity index (χ2v) is 13.7. The van der Waals surface area contributed by atoms with Gasteiger partial charge in [-0.05, 0) is 78.9 Å². The molecule has 4 aromatic heterocycles. The van der Waals surface area contributed by atoms with E-state index >= 15 is 0 Å². The summed E-state index contributed by atoms with van der Waals surface area (Å²) in [5, 5.41) is 5.98. The first-order chi connectivity index (χ1) is 25.4. The average molecular weight is 710 g/mol. The van der Waals surface area contributed by atoms with Crippen molar-refractivity contribution in [3.05, 3.63) is 106 Å². The van der Waals surface area contributed by atoms with Crippen LogP contribution < -0.4 is 21.2 Å². The van der Waals surface area contributed by atoms with Gasteiger partial charge in [0.05, 0.1) is 47.3 Å². The third-order valence-electron chi connectivity index (χ3n) is 9.90. The molecular formula is C41H39N7O5. The summed E-state index contributed by atoms with van der Waals surface area (Å²) in [6.45, 7) is 6.19. The third kappa shape index (κ3) is 6.57. The summed E-state index contributed by atoms with van der Waals surface area (Å²) in [6.07, 6.45) is 5.70. The molecule has 0 radical (unpaired) electrons. The van der Waals surface area contributed by atoms with E-state index in [2.05, 4.69) is 47.4 Å². The Morgan fingerprint density at radius 1 is 1.04 bits per heavy atom. The zero-order valence-corrected chi connectivity index (χ0v) is 30.4. The summed E-state index contributed by atoms with van der Waals surface area (Å²) in [4.78, 5) is 61.0. The molecule has 12 heteroatoms. The van der Waals surface area contributed by atoms with Crippen LogP contribution in [-0.2, 0) is 23.7 Å². The molecule has 1 aliphatic heterocycles. The number of anilines is 2. The molecule has 1 unspecified atom stereocenters. The number of aryl methyl sites for hydroxylation is 3. The number of nitrogens with zero attached hydrogens (tertiary/aromatic N) is 5. The van der Waals surface area contributed by atoms with Gasteiger partial charge in [0.2, 0.25) is 11.8 Å². The fourth-order valence-corrected chi connectivity index (χ4v) is 6.90. The highest BCUT2D eigenvalue weighted by Gasteiger charge is 2.30. The number of aromatic nitrogens is 4. The van der Waals surface area contributed by atoms with Gasteiger partial charge in [-0.2, -0.15) is 0 Å². The average Bonchev–Trinajstić information content (AvgIpc) is 3.66. The largest absolute Gasteiger partial charge is 0.464 e. The smallest absolute Gasteiger partial charge is 0.328 e. The summed E-state index contributed by atoms with van der Waals surface area (Å²) >= 11 is 0. The Balaban J connectivity index is 1.01. The van der Waals surface area contributed by atoms with Crippen LogP contribution in [0, 0.1) is 18.8 Å². The van der Waals surface area contributed by atoms with E-state index in [1.807, 2.05) is 62.3 Å². The number of carbonyl (C=O) groups is 3. The number of carbonyl (C=O) groups excluding carboxylic acids is 3. The molecule has 0 spiro atoms. The van der Waals surface area contributed by atoms with Crippen LogP contribution in [0.25, 0.3) is 33.3 Å². The van der Waals surface area contributed by atoms with Gasteiger partial charge in [0, 0.05) is 61.5 Å². The fraction of sp³-hybridized carbons (Fsp3) is 0.268. The number of hydrogen-bond donors (Lipinski definition) is 2. The molecule has 1 aliphatic rings. The van der Waals surface area contributed by atoms with Gasteiger partial charge in [0.15, 0.2) is 0 Å². The molecular weight excluding hydrogens is 670 g/mol. The number of hydrogen-bond acceptors (Lipinski definition) is 8. The van der Waals surface area contributed by atoms with Crippen molar-refractivity contribution in [2.45, 2.75) is 45.4 Å². The zero-order chi connectivity index (χ0) is 37.6. The van der Waals surface area contributed by atoms with Crippen LogP contribution in [0.2, 0.25) is 0 Å². The number of piperidine rings is 1. The van der Waals surface area contributed by atoms with Crippen LogP contribution in [-0.4, -0.2) is 50.4 Å². The van der Waals surface area contributed by atoms with Gasteiger partial charge in [-0.3, -0.25) is 38.8 Å². The summed E-state index contributed by atoms with van der Waals surface area (Å²) in [5.74, 6) is 4.87. The minimum atomic E-state index is -0.464. The highest BCUT2D eigenvalue weighted by Crippen LogP contribution is 2.34. The fourth-order valence-electron chi connectivity index (χ4n) is 6.90. The lowest BCUT2D eigenvalue weighted by Gasteiger charge is -2.22. The molecule has 5 heterocycles. The summed E-state index contributed by atoms with van der Waals surface area (Å²) in [6, 6.07) is 15.4. The van der Waals surface area contributed by atoms with Crippen molar-refractivity contribution in [3.8, 4) is 23.1 Å². The Labute approximate surface area is 305 Å². The summed E-state index contributed by atoms with van der Waals surface area (Å²) < 4.78 is 9.04. The van der Waals surface area contributed by atoms with Gasteiger partial charge in [-0.1, -0.05) is 25.7 Å². The molecule has 1 atom stereocenters. The summed E-state index contributed by atoms with van der Waals surface area (Å²) in [7, 11) is 5.58. The van der Waals surface area contributed by atoms with Gasteiger partial charge >= 0.3 is 5.69 Å². The number of rotatable bonds is 7. The van der Waals surface area contributed by atoms with E-state index in [4.69, 9.17) is 9.40 Å². The number of imide groups is 1. The van der Waals surface area contributed by atoms with E-state index in [9.17, 15) is 19.2 Å². The highest BCUT2D eigenvalue weighted by molar-refractivity contribution is 6.03. The number of amides is 3. The van der Waals surface area contributed by atoms with Crippen LogP contribution in [0.4, 0.5) is 11.4 Å². The highest BCUT2D eigenvalue weighted by atomic mass is 16.3. The molecule has 12 nitrogen and oxygen atoms in total. The minimum Gasteiger partial charge on any atom is -0.464 e.